The summed E-state index contributed by atoms with van der Waals surface area (Å²) in [5, 5.41) is 3.58. The summed E-state index contributed by atoms with van der Waals surface area (Å²) in [6, 6.07) is 5.35. The molecule has 7 nitrogen and oxygen atoms in total. The number of carbonyl (C=O) groups excluding carboxylic acids is 1. The average molecular weight is 316 g/mol. The molecule has 0 bridgehead atoms. The van der Waals surface area contributed by atoms with E-state index in [0.717, 1.165) is 26.0 Å². The monoisotopic (exact) mass is 316 g/mol. The van der Waals surface area contributed by atoms with Crippen molar-refractivity contribution < 1.29 is 4.79 Å². The zero-order chi connectivity index (χ0) is 15.9. The van der Waals surface area contributed by atoms with Crippen molar-refractivity contribution in [1.29, 1.82) is 0 Å². The smallest absolute Gasteiger partial charge is 0.322 e. The van der Waals surface area contributed by atoms with Gasteiger partial charge in [0.2, 0.25) is 0 Å². The highest BCUT2D eigenvalue weighted by Gasteiger charge is 2.13. The number of aromatic amines is 1. The minimum atomic E-state index is -0.646. The Labute approximate surface area is 128 Å². The van der Waals surface area contributed by atoms with Gasteiger partial charge >= 0.3 is 5.69 Å². The van der Waals surface area contributed by atoms with Crippen LogP contribution < -0.4 is 16.6 Å². The Morgan fingerprint density at radius 1 is 1.36 bits per heavy atom. The minimum Gasteiger partial charge on any atom is -0.322 e. The number of amides is 1. The molecule has 8 heteroatoms. The van der Waals surface area contributed by atoms with E-state index < -0.39 is 17.2 Å². The molecule has 2 aromatic heterocycles. The molecule has 0 radical (unpaired) electrons. The van der Waals surface area contributed by atoms with Gasteiger partial charge in [-0.25, -0.2) is 9.78 Å². The number of anilines is 1. The fourth-order valence-corrected chi connectivity index (χ4v) is 2.85. The Balaban J connectivity index is 1.94. The van der Waals surface area contributed by atoms with Crippen LogP contribution in [0.15, 0.2) is 34.0 Å². The molecule has 0 atom stereocenters. The van der Waals surface area contributed by atoms with Crippen LogP contribution in [0, 0.1) is 6.92 Å². The number of hydrogen-bond acceptors (Lipinski definition) is 5. The summed E-state index contributed by atoms with van der Waals surface area (Å²) in [7, 11) is 1.31. The molecule has 0 aliphatic rings. The lowest BCUT2D eigenvalue weighted by molar-refractivity contribution is 0.102. The van der Waals surface area contributed by atoms with Crippen LogP contribution in [0.5, 0.6) is 0 Å². The summed E-state index contributed by atoms with van der Waals surface area (Å²) < 4.78 is 1.87. The van der Waals surface area contributed by atoms with E-state index in [1.165, 1.54) is 7.05 Å². The standard InChI is InChI=1S/C14H12N4O3S/c1-7-16-10-5-8(3-4-11(10)22-7)17-12(19)9-6-15-14(21)18(2)13(9)20/h3-6H,1-2H3,(H,15,21)(H,17,19). The van der Waals surface area contributed by atoms with E-state index in [0.29, 0.717) is 5.69 Å². The van der Waals surface area contributed by atoms with E-state index >= 15 is 0 Å². The number of fused-ring (bicyclic) bond motifs is 1. The Morgan fingerprint density at radius 2 is 2.14 bits per heavy atom. The van der Waals surface area contributed by atoms with Crippen molar-refractivity contribution in [2.45, 2.75) is 6.92 Å². The molecule has 0 aliphatic carbocycles. The molecule has 0 spiro atoms. The molecule has 0 aliphatic heterocycles. The molecular formula is C14H12N4O3S. The molecule has 0 saturated heterocycles. The highest BCUT2D eigenvalue weighted by atomic mass is 32.1. The number of thiazole rings is 1. The van der Waals surface area contributed by atoms with Crippen molar-refractivity contribution in [2.24, 2.45) is 7.05 Å². The maximum absolute atomic E-state index is 12.2. The van der Waals surface area contributed by atoms with Crippen molar-refractivity contribution in [3.8, 4) is 0 Å². The molecule has 0 unspecified atom stereocenters. The molecule has 0 saturated carbocycles. The first-order valence-electron chi connectivity index (χ1n) is 6.43. The van der Waals surface area contributed by atoms with Gasteiger partial charge in [-0.15, -0.1) is 11.3 Å². The summed E-state index contributed by atoms with van der Waals surface area (Å²) in [6.45, 7) is 1.91. The van der Waals surface area contributed by atoms with Gasteiger partial charge in [0, 0.05) is 18.9 Å². The van der Waals surface area contributed by atoms with Gasteiger partial charge in [0.05, 0.1) is 15.2 Å². The Kier molecular flexibility index (Phi) is 3.38. The quantitative estimate of drug-likeness (QED) is 0.743. The van der Waals surface area contributed by atoms with E-state index in [-0.39, 0.29) is 5.56 Å². The maximum atomic E-state index is 12.2. The Bertz CT molecular complexity index is 999. The number of hydrogen-bond donors (Lipinski definition) is 2. The van der Waals surface area contributed by atoms with Crippen LogP contribution in [-0.4, -0.2) is 20.4 Å². The van der Waals surface area contributed by atoms with E-state index in [1.807, 2.05) is 13.0 Å². The van der Waals surface area contributed by atoms with Crippen LogP contribution in [-0.2, 0) is 7.05 Å². The number of aryl methyl sites for hydroxylation is 1. The second kappa shape index (κ2) is 5.23. The van der Waals surface area contributed by atoms with E-state index in [4.69, 9.17) is 0 Å². The SMILES string of the molecule is Cc1nc2cc(NC(=O)c3c[nH]c(=O)n(C)c3=O)ccc2s1. The molecule has 3 rings (SSSR count). The zero-order valence-corrected chi connectivity index (χ0v) is 12.7. The third-order valence-corrected chi connectivity index (χ3v) is 4.13. The summed E-state index contributed by atoms with van der Waals surface area (Å²) in [5.41, 5.74) is -0.0184. The highest BCUT2D eigenvalue weighted by molar-refractivity contribution is 7.18. The van der Waals surface area contributed by atoms with Gasteiger partial charge in [-0.05, 0) is 25.1 Å². The first-order chi connectivity index (χ1) is 10.5. The van der Waals surface area contributed by atoms with Crippen molar-refractivity contribution in [3.05, 3.63) is 55.8 Å². The number of benzene rings is 1. The average Bonchev–Trinajstić information content (AvgIpc) is 2.84. The molecule has 1 aromatic carbocycles. The number of aromatic nitrogens is 3. The molecule has 1 amide bonds. The molecule has 2 heterocycles. The highest BCUT2D eigenvalue weighted by Crippen LogP contribution is 2.24. The lowest BCUT2D eigenvalue weighted by Crippen LogP contribution is -2.37. The van der Waals surface area contributed by atoms with Crippen molar-refractivity contribution in [3.63, 3.8) is 0 Å². The molecule has 112 valence electrons. The van der Waals surface area contributed by atoms with Crippen LogP contribution in [0.1, 0.15) is 15.4 Å². The molecule has 0 fully saturated rings. The normalized spacial score (nSPS) is 10.8. The van der Waals surface area contributed by atoms with Gasteiger partial charge in [0.15, 0.2) is 0 Å². The third-order valence-electron chi connectivity index (χ3n) is 3.18. The Hall–Kier alpha value is -2.74. The van der Waals surface area contributed by atoms with Gasteiger partial charge in [0.25, 0.3) is 11.5 Å². The van der Waals surface area contributed by atoms with Crippen LogP contribution in [0.3, 0.4) is 0 Å². The lowest BCUT2D eigenvalue weighted by atomic mass is 10.2. The second-order valence-electron chi connectivity index (χ2n) is 4.74. The number of rotatable bonds is 2. The Morgan fingerprint density at radius 3 is 2.91 bits per heavy atom. The first kappa shape index (κ1) is 14.2. The molecular weight excluding hydrogens is 304 g/mol. The number of carbonyl (C=O) groups is 1. The fourth-order valence-electron chi connectivity index (χ4n) is 2.05. The van der Waals surface area contributed by atoms with Crippen LogP contribution in [0.25, 0.3) is 10.2 Å². The van der Waals surface area contributed by atoms with Crippen molar-refractivity contribution >= 4 is 33.1 Å². The van der Waals surface area contributed by atoms with Crippen LogP contribution >= 0.6 is 11.3 Å². The third kappa shape index (κ3) is 2.44. The van der Waals surface area contributed by atoms with Crippen molar-refractivity contribution in [1.82, 2.24) is 14.5 Å². The molecule has 22 heavy (non-hydrogen) atoms. The van der Waals surface area contributed by atoms with E-state index in [2.05, 4.69) is 15.3 Å². The van der Waals surface area contributed by atoms with Crippen molar-refractivity contribution in [2.75, 3.05) is 5.32 Å². The van der Waals surface area contributed by atoms with E-state index in [1.54, 1.807) is 23.5 Å². The zero-order valence-electron chi connectivity index (χ0n) is 11.8. The van der Waals surface area contributed by atoms with Gasteiger partial charge in [-0.2, -0.15) is 0 Å². The van der Waals surface area contributed by atoms with Gasteiger partial charge in [0.1, 0.15) is 5.56 Å². The number of H-pyrrole nitrogens is 1. The van der Waals surface area contributed by atoms with Gasteiger partial charge in [-0.3, -0.25) is 14.2 Å². The summed E-state index contributed by atoms with van der Waals surface area (Å²) in [4.78, 5) is 42.1. The second-order valence-corrected chi connectivity index (χ2v) is 5.98. The van der Waals surface area contributed by atoms with Gasteiger partial charge in [-0.1, -0.05) is 0 Å². The molecule has 2 N–H and O–H groups in total. The summed E-state index contributed by atoms with van der Waals surface area (Å²) in [6.07, 6.45) is 1.12. The predicted octanol–water partition coefficient (Wildman–Crippen LogP) is 1.24. The largest absolute Gasteiger partial charge is 0.328 e. The topological polar surface area (TPSA) is 96.8 Å². The number of nitrogens with zero attached hydrogens (tertiary/aromatic N) is 2. The molecule has 3 aromatic rings. The predicted molar refractivity (Wildman–Crippen MR) is 84.6 cm³/mol. The summed E-state index contributed by atoms with van der Waals surface area (Å²) >= 11 is 1.57. The van der Waals surface area contributed by atoms with Gasteiger partial charge < -0.3 is 10.3 Å². The number of nitrogens with one attached hydrogen (secondary N) is 2. The van der Waals surface area contributed by atoms with Crippen LogP contribution in [0.2, 0.25) is 0 Å². The maximum Gasteiger partial charge on any atom is 0.328 e. The first-order valence-corrected chi connectivity index (χ1v) is 7.24. The summed E-state index contributed by atoms with van der Waals surface area (Å²) in [5.74, 6) is -0.580. The minimum absolute atomic E-state index is 0.128. The lowest BCUT2D eigenvalue weighted by Gasteiger charge is -2.05. The fraction of sp³-hybridized carbons (Fsp3) is 0.143. The van der Waals surface area contributed by atoms with Crippen LogP contribution in [0.4, 0.5) is 5.69 Å². The van der Waals surface area contributed by atoms with E-state index in [9.17, 15) is 14.4 Å².